The van der Waals surface area contributed by atoms with Crippen molar-refractivity contribution in [1.29, 1.82) is 0 Å². The lowest BCUT2D eigenvalue weighted by atomic mass is 9.80. The molecule has 0 radical (unpaired) electrons. The minimum atomic E-state index is -1.52. The number of nitrogens with one attached hydrogen (secondary N) is 1. The predicted molar refractivity (Wildman–Crippen MR) is 116 cm³/mol. The molecule has 178 valence electrons. The Morgan fingerprint density at radius 1 is 1.15 bits per heavy atom. The van der Waals surface area contributed by atoms with E-state index in [-0.39, 0.29) is 29.9 Å². The Labute approximate surface area is 191 Å². The standard InChI is InChI=1S/C23H28N2O8/c1-6-11-30-21(26)18-13(3)24-14(4)19(22(27)33-23(7-2)31-15(5)32-23)20(18)16-9-8-10-17(12-16)25(28)29/h8-10,12,15,20,24H,6-7,11H2,1-5H3. The van der Waals surface area contributed by atoms with Crippen molar-refractivity contribution in [3.8, 4) is 0 Å². The minimum Gasteiger partial charge on any atom is -0.462 e. The molecule has 2 heterocycles. The van der Waals surface area contributed by atoms with Gasteiger partial charge in [-0.2, -0.15) is 0 Å². The van der Waals surface area contributed by atoms with Gasteiger partial charge in [0, 0.05) is 29.9 Å². The summed E-state index contributed by atoms with van der Waals surface area (Å²) >= 11 is 0. The summed E-state index contributed by atoms with van der Waals surface area (Å²) in [6, 6.07) is 5.81. The quantitative estimate of drug-likeness (QED) is 0.350. The first-order chi connectivity index (χ1) is 15.6. The van der Waals surface area contributed by atoms with Crippen LogP contribution in [-0.2, 0) is 28.5 Å². The Kier molecular flexibility index (Phi) is 7.19. The molecule has 1 N–H and O–H groups in total. The summed E-state index contributed by atoms with van der Waals surface area (Å²) in [7, 11) is 0. The third kappa shape index (κ3) is 4.91. The number of ether oxygens (including phenoxy) is 4. The second-order valence-corrected chi connectivity index (χ2v) is 7.85. The van der Waals surface area contributed by atoms with Gasteiger partial charge in [0.05, 0.1) is 28.6 Å². The molecule has 2 aliphatic rings. The summed E-state index contributed by atoms with van der Waals surface area (Å²) < 4.78 is 22.0. The first-order valence-corrected chi connectivity index (χ1v) is 10.8. The van der Waals surface area contributed by atoms with Crippen LogP contribution in [0.15, 0.2) is 46.8 Å². The van der Waals surface area contributed by atoms with E-state index in [1.54, 1.807) is 33.8 Å². The van der Waals surface area contributed by atoms with E-state index < -0.39 is 35.0 Å². The van der Waals surface area contributed by atoms with Gasteiger partial charge in [-0.15, -0.1) is 0 Å². The van der Waals surface area contributed by atoms with Gasteiger partial charge in [0.25, 0.3) is 5.69 Å². The highest BCUT2D eigenvalue weighted by molar-refractivity contribution is 6.00. The van der Waals surface area contributed by atoms with E-state index in [1.165, 1.54) is 18.2 Å². The molecular formula is C23H28N2O8. The maximum atomic E-state index is 13.4. The van der Waals surface area contributed by atoms with Gasteiger partial charge >= 0.3 is 17.9 Å². The van der Waals surface area contributed by atoms with E-state index >= 15 is 0 Å². The highest BCUT2D eigenvalue weighted by atomic mass is 17.0. The fraction of sp³-hybridized carbons (Fsp3) is 0.478. The van der Waals surface area contributed by atoms with Crippen molar-refractivity contribution < 1.29 is 33.5 Å². The monoisotopic (exact) mass is 460 g/mol. The van der Waals surface area contributed by atoms with Gasteiger partial charge in [-0.3, -0.25) is 19.6 Å². The molecule has 3 rings (SSSR count). The topological polar surface area (TPSA) is 126 Å². The van der Waals surface area contributed by atoms with E-state index in [0.717, 1.165) is 0 Å². The smallest absolute Gasteiger partial charge is 0.341 e. The molecule has 0 bridgehead atoms. The maximum Gasteiger partial charge on any atom is 0.341 e. The molecule has 1 aromatic rings. The van der Waals surface area contributed by atoms with Gasteiger partial charge in [-0.1, -0.05) is 26.0 Å². The van der Waals surface area contributed by atoms with Gasteiger partial charge in [0.1, 0.15) is 0 Å². The summed E-state index contributed by atoms with van der Waals surface area (Å²) in [4.78, 5) is 37.3. The number of nitro benzene ring substituents is 1. The molecule has 2 aliphatic heterocycles. The number of hydrogen-bond acceptors (Lipinski definition) is 9. The van der Waals surface area contributed by atoms with Crippen LogP contribution in [0.3, 0.4) is 0 Å². The maximum absolute atomic E-state index is 13.4. The zero-order valence-electron chi connectivity index (χ0n) is 19.3. The zero-order valence-corrected chi connectivity index (χ0v) is 19.3. The molecule has 10 nitrogen and oxygen atoms in total. The molecule has 1 aromatic carbocycles. The fourth-order valence-corrected chi connectivity index (χ4v) is 3.96. The lowest BCUT2D eigenvalue weighted by molar-refractivity contribution is -0.523. The van der Waals surface area contributed by atoms with E-state index in [4.69, 9.17) is 18.9 Å². The van der Waals surface area contributed by atoms with Gasteiger partial charge in [0.2, 0.25) is 0 Å². The number of allylic oxidation sites excluding steroid dienone is 2. The number of carbonyl (C=O) groups is 2. The highest BCUT2D eigenvalue weighted by Crippen LogP contribution is 2.42. The number of nitrogens with zero attached hydrogens (tertiary/aromatic N) is 1. The predicted octanol–water partition coefficient (Wildman–Crippen LogP) is 3.78. The van der Waals surface area contributed by atoms with Crippen molar-refractivity contribution in [2.75, 3.05) is 6.61 Å². The number of hydrogen-bond donors (Lipinski definition) is 1. The van der Waals surface area contributed by atoms with Crippen LogP contribution in [0, 0.1) is 10.1 Å². The van der Waals surface area contributed by atoms with Crippen molar-refractivity contribution in [3.05, 3.63) is 62.5 Å². The van der Waals surface area contributed by atoms with Gasteiger partial charge < -0.3 is 14.8 Å². The SMILES string of the molecule is CCCOC(=O)C1=C(C)NC(C)=C(C(=O)OC2(CC)OC(C)O2)C1c1cccc([N+](=O)[O-])c1. The Hall–Kier alpha value is -3.24. The average molecular weight is 460 g/mol. The number of benzene rings is 1. The third-order valence-corrected chi connectivity index (χ3v) is 5.42. The molecule has 1 saturated heterocycles. The van der Waals surface area contributed by atoms with Crippen LogP contribution in [0.25, 0.3) is 0 Å². The normalized spacial score (nSPS) is 24.6. The Balaban J connectivity index is 2.08. The molecule has 0 aliphatic carbocycles. The van der Waals surface area contributed by atoms with Gasteiger partial charge in [-0.05, 0) is 32.8 Å². The van der Waals surface area contributed by atoms with Crippen molar-refractivity contribution in [1.82, 2.24) is 5.32 Å². The molecule has 0 saturated carbocycles. The van der Waals surface area contributed by atoms with E-state index in [2.05, 4.69) is 5.32 Å². The number of non-ortho nitro benzene ring substituents is 1. The minimum absolute atomic E-state index is 0.115. The summed E-state index contributed by atoms with van der Waals surface area (Å²) in [6.45, 7) is 8.83. The lowest BCUT2D eigenvalue weighted by Gasteiger charge is -2.44. The van der Waals surface area contributed by atoms with E-state index in [9.17, 15) is 19.7 Å². The van der Waals surface area contributed by atoms with Crippen LogP contribution >= 0.6 is 0 Å². The van der Waals surface area contributed by atoms with Crippen LogP contribution in [0.1, 0.15) is 58.9 Å². The zero-order chi connectivity index (χ0) is 24.3. The first kappa shape index (κ1) is 24.4. The van der Waals surface area contributed by atoms with Crippen molar-refractivity contribution in [2.24, 2.45) is 0 Å². The van der Waals surface area contributed by atoms with Gasteiger partial charge in [-0.25, -0.2) is 9.59 Å². The van der Waals surface area contributed by atoms with Crippen LogP contribution in [0.2, 0.25) is 0 Å². The molecule has 0 aromatic heterocycles. The Bertz CT molecular complexity index is 1020. The van der Waals surface area contributed by atoms with Crippen LogP contribution < -0.4 is 5.32 Å². The molecular weight excluding hydrogens is 432 g/mol. The largest absolute Gasteiger partial charge is 0.462 e. The number of esters is 2. The summed E-state index contributed by atoms with van der Waals surface area (Å²) in [5.41, 5.74) is 1.44. The fourth-order valence-electron chi connectivity index (χ4n) is 3.96. The summed E-state index contributed by atoms with van der Waals surface area (Å²) in [6.07, 6.45) is 0.347. The second kappa shape index (κ2) is 9.72. The molecule has 1 fully saturated rings. The third-order valence-electron chi connectivity index (χ3n) is 5.42. The number of rotatable bonds is 8. The van der Waals surface area contributed by atoms with Gasteiger partial charge in [0.15, 0.2) is 6.29 Å². The van der Waals surface area contributed by atoms with Crippen LogP contribution in [0.4, 0.5) is 5.69 Å². The van der Waals surface area contributed by atoms with E-state index in [0.29, 0.717) is 23.4 Å². The molecule has 1 atom stereocenters. The molecule has 33 heavy (non-hydrogen) atoms. The van der Waals surface area contributed by atoms with Crippen LogP contribution in [0.5, 0.6) is 0 Å². The average Bonchev–Trinajstić information content (AvgIpc) is 2.75. The molecule has 0 spiro atoms. The highest BCUT2D eigenvalue weighted by Gasteiger charge is 2.49. The van der Waals surface area contributed by atoms with Crippen LogP contribution in [-0.4, -0.2) is 35.7 Å². The number of nitro groups is 1. The van der Waals surface area contributed by atoms with Crippen molar-refractivity contribution in [3.63, 3.8) is 0 Å². The number of dihydropyridines is 1. The second-order valence-electron chi connectivity index (χ2n) is 7.85. The Morgan fingerprint density at radius 2 is 1.79 bits per heavy atom. The molecule has 10 heteroatoms. The summed E-state index contributed by atoms with van der Waals surface area (Å²) in [5, 5.41) is 14.4. The molecule has 0 amide bonds. The van der Waals surface area contributed by atoms with Crippen molar-refractivity contribution in [2.45, 2.75) is 65.6 Å². The Morgan fingerprint density at radius 3 is 2.33 bits per heavy atom. The first-order valence-electron chi connectivity index (χ1n) is 10.8. The van der Waals surface area contributed by atoms with E-state index in [1.807, 2.05) is 6.92 Å². The molecule has 1 unspecified atom stereocenters. The number of carbonyl (C=O) groups excluding carboxylic acids is 2. The lowest BCUT2D eigenvalue weighted by Crippen LogP contribution is -2.55. The van der Waals surface area contributed by atoms with Crippen molar-refractivity contribution >= 4 is 17.6 Å². The summed E-state index contributed by atoms with van der Waals surface area (Å²) in [5.74, 6) is -3.85.